The van der Waals surface area contributed by atoms with Crippen LogP contribution in [0.2, 0.25) is 0 Å². The predicted molar refractivity (Wildman–Crippen MR) is 86.3 cm³/mol. The number of carbonyl (C=O) groups excluding carboxylic acids is 1. The molecule has 1 amide bonds. The van der Waals surface area contributed by atoms with Crippen molar-refractivity contribution < 1.29 is 22.7 Å². The highest BCUT2D eigenvalue weighted by Gasteiger charge is 2.26. The molecule has 1 heterocycles. The van der Waals surface area contributed by atoms with Crippen LogP contribution in [0.25, 0.3) is 0 Å². The first kappa shape index (κ1) is 17.7. The molecule has 0 aromatic heterocycles. The minimum atomic E-state index is -3.63. The van der Waals surface area contributed by atoms with Gasteiger partial charge in [0.2, 0.25) is 15.9 Å². The molecule has 0 spiro atoms. The van der Waals surface area contributed by atoms with E-state index in [1.165, 1.54) is 19.2 Å². The van der Waals surface area contributed by atoms with Gasteiger partial charge in [-0.3, -0.25) is 4.79 Å². The standard InChI is InChI=1S/C15H22N2O5S/c1-21-10-4-8-16-23(19,20)12-6-7-14(22-2)13(11-12)17-9-3-5-15(17)18/h6-7,11,16H,3-5,8-10H2,1-2H3. The van der Waals surface area contributed by atoms with Gasteiger partial charge in [-0.15, -0.1) is 0 Å². The first-order chi connectivity index (χ1) is 11.0. The number of amides is 1. The topological polar surface area (TPSA) is 84.9 Å². The summed E-state index contributed by atoms with van der Waals surface area (Å²) in [5.74, 6) is 0.462. The smallest absolute Gasteiger partial charge is 0.240 e. The summed E-state index contributed by atoms with van der Waals surface area (Å²) in [4.78, 5) is 13.6. The molecule has 1 aliphatic rings. The Morgan fingerprint density at radius 1 is 1.30 bits per heavy atom. The molecule has 2 rings (SSSR count). The van der Waals surface area contributed by atoms with Crippen LogP contribution in [0.5, 0.6) is 5.75 Å². The number of rotatable bonds is 8. The third kappa shape index (κ3) is 4.21. The van der Waals surface area contributed by atoms with Crippen LogP contribution < -0.4 is 14.4 Å². The molecule has 1 aromatic carbocycles. The third-order valence-electron chi connectivity index (χ3n) is 3.64. The van der Waals surface area contributed by atoms with E-state index in [9.17, 15) is 13.2 Å². The van der Waals surface area contributed by atoms with Gasteiger partial charge in [0.25, 0.3) is 0 Å². The van der Waals surface area contributed by atoms with Crippen molar-refractivity contribution in [2.24, 2.45) is 0 Å². The third-order valence-corrected chi connectivity index (χ3v) is 5.10. The molecular formula is C15H22N2O5S. The van der Waals surface area contributed by atoms with Crippen LogP contribution in [-0.4, -0.2) is 48.2 Å². The second-order valence-electron chi connectivity index (χ2n) is 5.23. The van der Waals surface area contributed by atoms with E-state index < -0.39 is 10.0 Å². The van der Waals surface area contributed by atoms with Gasteiger partial charge in [0.1, 0.15) is 5.75 Å². The highest BCUT2D eigenvalue weighted by Crippen LogP contribution is 2.33. The molecule has 0 bridgehead atoms. The molecule has 8 heteroatoms. The number of carbonyl (C=O) groups is 1. The summed E-state index contributed by atoms with van der Waals surface area (Å²) in [6.07, 6.45) is 1.81. The number of sulfonamides is 1. The summed E-state index contributed by atoms with van der Waals surface area (Å²) in [6, 6.07) is 4.53. The van der Waals surface area contributed by atoms with Crippen molar-refractivity contribution in [2.45, 2.75) is 24.2 Å². The molecular weight excluding hydrogens is 320 g/mol. The van der Waals surface area contributed by atoms with Crippen molar-refractivity contribution in [3.63, 3.8) is 0 Å². The van der Waals surface area contributed by atoms with Crippen molar-refractivity contribution in [1.29, 1.82) is 0 Å². The first-order valence-corrected chi connectivity index (χ1v) is 8.95. The Bertz CT molecular complexity index is 660. The Labute approximate surface area is 136 Å². The molecule has 23 heavy (non-hydrogen) atoms. The Morgan fingerprint density at radius 2 is 2.09 bits per heavy atom. The SMILES string of the molecule is COCCCNS(=O)(=O)c1ccc(OC)c(N2CCCC2=O)c1. The fourth-order valence-electron chi connectivity index (χ4n) is 2.46. The van der Waals surface area contributed by atoms with Gasteiger partial charge in [-0.2, -0.15) is 0 Å². The zero-order valence-corrected chi connectivity index (χ0v) is 14.2. The minimum absolute atomic E-state index is 0.0223. The minimum Gasteiger partial charge on any atom is -0.495 e. The van der Waals surface area contributed by atoms with Gasteiger partial charge < -0.3 is 14.4 Å². The molecule has 1 aromatic rings. The van der Waals surface area contributed by atoms with E-state index in [2.05, 4.69) is 4.72 Å². The average molecular weight is 342 g/mol. The molecule has 1 N–H and O–H groups in total. The lowest BCUT2D eigenvalue weighted by atomic mass is 10.2. The Morgan fingerprint density at radius 3 is 2.70 bits per heavy atom. The van der Waals surface area contributed by atoms with Crippen LogP contribution in [0.4, 0.5) is 5.69 Å². The number of hydrogen-bond acceptors (Lipinski definition) is 5. The summed E-state index contributed by atoms with van der Waals surface area (Å²) in [5, 5.41) is 0. The van der Waals surface area contributed by atoms with E-state index >= 15 is 0 Å². The fraction of sp³-hybridized carbons (Fsp3) is 0.533. The largest absolute Gasteiger partial charge is 0.495 e. The van der Waals surface area contributed by atoms with Crippen molar-refractivity contribution in [3.8, 4) is 5.75 Å². The quantitative estimate of drug-likeness (QED) is 0.716. The van der Waals surface area contributed by atoms with Gasteiger partial charge in [-0.25, -0.2) is 13.1 Å². The zero-order valence-electron chi connectivity index (χ0n) is 13.4. The number of hydrogen-bond donors (Lipinski definition) is 1. The molecule has 0 aliphatic carbocycles. The summed E-state index contributed by atoms with van der Waals surface area (Å²) < 4.78 is 37.4. The second kappa shape index (κ2) is 7.76. The lowest BCUT2D eigenvalue weighted by molar-refractivity contribution is -0.117. The van der Waals surface area contributed by atoms with Crippen molar-refractivity contribution in [2.75, 3.05) is 38.8 Å². The lowest BCUT2D eigenvalue weighted by Gasteiger charge is -2.20. The van der Waals surface area contributed by atoms with E-state index in [-0.39, 0.29) is 10.8 Å². The van der Waals surface area contributed by atoms with E-state index in [1.54, 1.807) is 18.1 Å². The number of anilines is 1. The van der Waals surface area contributed by atoms with Crippen LogP contribution in [0, 0.1) is 0 Å². The molecule has 0 saturated carbocycles. The molecule has 0 atom stereocenters. The highest BCUT2D eigenvalue weighted by atomic mass is 32.2. The van der Waals surface area contributed by atoms with Gasteiger partial charge in [-0.05, 0) is 31.0 Å². The number of nitrogens with one attached hydrogen (secondary N) is 1. The second-order valence-corrected chi connectivity index (χ2v) is 6.99. The Kier molecular flexibility index (Phi) is 5.97. The van der Waals surface area contributed by atoms with Crippen LogP contribution in [0.3, 0.4) is 0 Å². The maximum absolute atomic E-state index is 12.3. The number of methoxy groups -OCH3 is 2. The van der Waals surface area contributed by atoms with Crippen LogP contribution >= 0.6 is 0 Å². The van der Waals surface area contributed by atoms with E-state index in [0.717, 1.165) is 6.42 Å². The van der Waals surface area contributed by atoms with Crippen LogP contribution in [-0.2, 0) is 19.6 Å². The Hall–Kier alpha value is -1.64. The predicted octanol–water partition coefficient (Wildman–Crippen LogP) is 1.14. The average Bonchev–Trinajstić information content (AvgIpc) is 2.97. The number of nitrogens with zero attached hydrogens (tertiary/aromatic N) is 1. The van der Waals surface area contributed by atoms with Gasteiger partial charge in [-0.1, -0.05) is 0 Å². The zero-order chi connectivity index (χ0) is 16.9. The van der Waals surface area contributed by atoms with Gasteiger partial charge in [0.15, 0.2) is 0 Å². The fourth-order valence-corrected chi connectivity index (χ4v) is 3.55. The monoisotopic (exact) mass is 342 g/mol. The maximum Gasteiger partial charge on any atom is 0.240 e. The molecule has 1 aliphatic heterocycles. The van der Waals surface area contributed by atoms with Crippen molar-refractivity contribution >= 4 is 21.6 Å². The molecule has 128 valence electrons. The maximum atomic E-state index is 12.3. The van der Waals surface area contributed by atoms with Crippen LogP contribution in [0.1, 0.15) is 19.3 Å². The molecule has 1 saturated heterocycles. The summed E-state index contributed by atoms with van der Waals surface area (Å²) in [6.45, 7) is 1.35. The van der Waals surface area contributed by atoms with Gasteiger partial charge >= 0.3 is 0 Å². The van der Waals surface area contributed by atoms with Crippen LogP contribution in [0.15, 0.2) is 23.1 Å². The summed E-state index contributed by atoms with van der Waals surface area (Å²) >= 11 is 0. The molecule has 0 unspecified atom stereocenters. The van der Waals surface area contributed by atoms with E-state index in [1.807, 2.05) is 0 Å². The number of ether oxygens (including phenoxy) is 2. The van der Waals surface area contributed by atoms with Gasteiger partial charge in [0.05, 0.1) is 17.7 Å². The normalized spacial score (nSPS) is 15.2. The Balaban J connectivity index is 2.24. The molecule has 7 nitrogen and oxygen atoms in total. The summed E-state index contributed by atoms with van der Waals surface area (Å²) in [7, 11) is -0.571. The highest BCUT2D eigenvalue weighted by molar-refractivity contribution is 7.89. The molecule has 1 fully saturated rings. The lowest BCUT2D eigenvalue weighted by Crippen LogP contribution is -2.27. The van der Waals surface area contributed by atoms with Gasteiger partial charge in [0, 0.05) is 33.2 Å². The van der Waals surface area contributed by atoms with E-state index in [0.29, 0.717) is 44.0 Å². The van der Waals surface area contributed by atoms with Crippen molar-refractivity contribution in [3.05, 3.63) is 18.2 Å². The van der Waals surface area contributed by atoms with Crippen molar-refractivity contribution in [1.82, 2.24) is 4.72 Å². The van der Waals surface area contributed by atoms with E-state index in [4.69, 9.17) is 9.47 Å². The molecule has 0 radical (unpaired) electrons. The summed E-state index contributed by atoms with van der Waals surface area (Å²) in [5.41, 5.74) is 0.495. The first-order valence-electron chi connectivity index (χ1n) is 7.46. The number of benzene rings is 1.